The number of benzene rings is 2. The Labute approximate surface area is 121 Å². The molecular formula is C15H17BrN2O. The Morgan fingerprint density at radius 1 is 1.11 bits per heavy atom. The van der Waals surface area contributed by atoms with Crippen LogP contribution in [0.2, 0.25) is 0 Å². The first-order valence-corrected chi connectivity index (χ1v) is 6.92. The Kier molecular flexibility index (Phi) is 4.32. The van der Waals surface area contributed by atoms with Gasteiger partial charge >= 0.3 is 0 Å². The number of hydrogen-bond donors (Lipinski definition) is 2. The predicted molar refractivity (Wildman–Crippen MR) is 84.0 cm³/mol. The third kappa shape index (κ3) is 3.89. The number of halogens is 1. The number of hydrogen-bond acceptors (Lipinski definition) is 3. The molecule has 0 saturated carbocycles. The zero-order valence-electron chi connectivity index (χ0n) is 11.0. The Morgan fingerprint density at radius 3 is 2.37 bits per heavy atom. The van der Waals surface area contributed by atoms with E-state index in [1.807, 2.05) is 56.3 Å². The molecule has 0 radical (unpaired) electrons. The van der Waals surface area contributed by atoms with Gasteiger partial charge in [-0.1, -0.05) is 15.9 Å². The van der Waals surface area contributed by atoms with E-state index in [-0.39, 0.29) is 6.10 Å². The topological polar surface area (TPSA) is 47.3 Å². The highest BCUT2D eigenvalue weighted by Crippen LogP contribution is 2.27. The van der Waals surface area contributed by atoms with Gasteiger partial charge in [0, 0.05) is 10.2 Å². The zero-order chi connectivity index (χ0) is 13.8. The minimum Gasteiger partial charge on any atom is -0.491 e. The van der Waals surface area contributed by atoms with Gasteiger partial charge in [-0.2, -0.15) is 0 Å². The standard InChI is InChI=1S/C15H17BrN2O/c1-10(2)19-13-6-4-12(5-7-13)18-15-8-3-11(16)9-14(15)17/h3-10,18H,17H2,1-2H3. The largest absolute Gasteiger partial charge is 0.491 e. The SMILES string of the molecule is CC(C)Oc1ccc(Nc2ccc(Br)cc2N)cc1. The maximum Gasteiger partial charge on any atom is 0.119 e. The summed E-state index contributed by atoms with van der Waals surface area (Å²) in [7, 11) is 0. The van der Waals surface area contributed by atoms with Crippen molar-refractivity contribution in [3.63, 3.8) is 0 Å². The zero-order valence-corrected chi connectivity index (χ0v) is 12.6. The number of rotatable bonds is 4. The van der Waals surface area contributed by atoms with Crippen molar-refractivity contribution < 1.29 is 4.74 Å². The van der Waals surface area contributed by atoms with Gasteiger partial charge < -0.3 is 15.8 Å². The van der Waals surface area contributed by atoms with Gasteiger partial charge in [0.1, 0.15) is 5.75 Å². The molecule has 0 atom stereocenters. The lowest BCUT2D eigenvalue weighted by molar-refractivity contribution is 0.242. The van der Waals surface area contributed by atoms with E-state index in [2.05, 4.69) is 21.2 Å². The quantitative estimate of drug-likeness (QED) is 0.812. The number of anilines is 3. The average molecular weight is 321 g/mol. The number of ether oxygens (including phenoxy) is 1. The molecule has 100 valence electrons. The second-order valence-corrected chi connectivity index (χ2v) is 5.46. The molecule has 0 heterocycles. The van der Waals surface area contributed by atoms with Gasteiger partial charge in [0.15, 0.2) is 0 Å². The Morgan fingerprint density at radius 2 is 1.79 bits per heavy atom. The fraction of sp³-hybridized carbons (Fsp3) is 0.200. The van der Waals surface area contributed by atoms with E-state index in [4.69, 9.17) is 10.5 Å². The highest BCUT2D eigenvalue weighted by atomic mass is 79.9. The van der Waals surface area contributed by atoms with Crippen LogP contribution < -0.4 is 15.8 Å². The molecule has 0 fully saturated rings. The van der Waals surface area contributed by atoms with Gasteiger partial charge in [0.25, 0.3) is 0 Å². The van der Waals surface area contributed by atoms with E-state index in [1.165, 1.54) is 0 Å². The number of nitrogens with two attached hydrogens (primary N) is 1. The summed E-state index contributed by atoms with van der Waals surface area (Å²) in [5, 5.41) is 3.28. The molecule has 3 N–H and O–H groups in total. The summed E-state index contributed by atoms with van der Waals surface area (Å²) >= 11 is 3.39. The average Bonchev–Trinajstić information content (AvgIpc) is 2.34. The highest BCUT2D eigenvalue weighted by Gasteiger charge is 2.02. The van der Waals surface area contributed by atoms with Crippen LogP contribution >= 0.6 is 15.9 Å². The van der Waals surface area contributed by atoms with Crippen molar-refractivity contribution in [1.29, 1.82) is 0 Å². The fourth-order valence-electron chi connectivity index (χ4n) is 1.69. The van der Waals surface area contributed by atoms with Crippen molar-refractivity contribution in [3.05, 3.63) is 46.9 Å². The monoisotopic (exact) mass is 320 g/mol. The van der Waals surface area contributed by atoms with Crippen molar-refractivity contribution in [2.75, 3.05) is 11.1 Å². The van der Waals surface area contributed by atoms with Gasteiger partial charge in [0.2, 0.25) is 0 Å². The molecule has 0 saturated heterocycles. The molecule has 2 rings (SSSR count). The van der Waals surface area contributed by atoms with Crippen LogP contribution in [0.25, 0.3) is 0 Å². The second-order valence-electron chi connectivity index (χ2n) is 4.55. The molecule has 0 aliphatic rings. The van der Waals surface area contributed by atoms with Crippen LogP contribution in [0.1, 0.15) is 13.8 Å². The second kappa shape index (κ2) is 5.97. The van der Waals surface area contributed by atoms with E-state index in [1.54, 1.807) is 0 Å². The van der Waals surface area contributed by atoms with Crippen molar-refractivity contribution in [2.24, 2.45) is 0 Å². The predicted octanol–water partition coefficient (Wildman–Crippen LogP) is 4.56. The lowest BCUT2D eigenvalue weighted by Crippen LogP contribution is -2.05. The molecule has 2 aromatic carbocycles. The molecule has 2 aromatic rings. The molecule has 3 nitrogen and oxygen atoms in total. The lowest BCUT2D eigenvalue weighted by atomic mass is 10.2. The minimum atomic E-state index is 0.181. The number of nitrogen functional groups attached to an aromatic ring is 1. The third-order valence-corrected chi connectivity index (χ3v) is 3.01. The van der Waals surface area contributed by atoms with E-state index in [9.17, 15) is 0 Å². The van der Waals surface area contributed by atoms with Crippen LogP contribution in [-0.4, -0.2) is 6.10 Å². The van der Waals surface area contributed by atoms with Crippen LogP contribution in [0.3, 0.4) is 0 Å². The molecule has 0 aliphatic heterocycles. The minimum absolute atomic E-state index is 0.181. The first kappa shape index (κ1) is 13.7. The lowest BCUT2D eigenvalue weighted by Gasteiger charge is -2.12. The van der Waals surface area contributed by atoms with Crippen LogP contribution in [-0.2, 0) is 0 Å². The summed E-state index contributed by atoms with van der Waals surface area (Å²) < 4.78 is 6.57. The van der Waals surface area contributed by atoms with Crippen molar-refractivity contribution in [3.8, 4) is 5.75 Å². The van der Waals surface area contributed by atoms with Gasteiger partial charge in [-0.25, -0.2) is 0 Å². The summed E-state index contributed by atoms with van der Waals surface area (Å²) in [6, 6.07) is 13.6. The first-order chi connectivity index (χ1) is 9.04. The molecular weight excluding hydrogens is 304 g/mol. The molecule has 0 amide bonds. The van der Waals surface area contributed by atoms with Crippen LogP contribution in [0, 0.1) is 0 Å². The number of nitrogens with one attached hydrogen (secondary N) is 1. The van der Waals surface area contributed by atoms with Gasteiger partial charge in [-0.05, 0) is 56.3 Å². The smallest absolute Gasteiger partial charge is 0.119 e. The van der Waals surface area contributed by atoms with Gasteiger partial charge in [0.05, 0.1) is 17.5 Å². The molecule has 4 heteroatoms. The fourth-order valence-corrected chi connectivity index (χ4v) is 2.07. The van der Waals surface area contributed by atoms with Crippen LogP contribution in [0.4, 0.5) is 17.1 Å². The maximum atomic E-state index is 5.95. The summed E-state index contributed by atoms with van der Waals surface area (Å²) in [5.74, 6) is 0.865. The highest BCUT2D eigenvalue weighted by molar-refractivity contribution is 9.10. The van der Waals surface area contributed by atoms with Crippen molar-refractivity contribution in [2.45, 2.75) is 20.0 Å². The summed E-state index contributed by atoms with van der Waals surface area (Å²) in [6.07, 6.45) is 0.181. The normalized spacial score (nSPS) is 10.5. The summed E-state index contributed by atoms with van der Waals surface area (Å²) in [6.45, 7) is 4.02. The van der Waals surface area contributed by atoms with Gasteiger partial charge in [-0.15, -0.1) is 0 Å². The van der Waals surface area contributed by atoms with Crippen molar-refractivity contribution in [1.82, 2.24) is 0 Å². The molecule has 0 bridgehead atoms. The van der Waals surface area contributed by atoms with Crippen LogP contribution in [0.15, 0.2) is 46.9 Å². The summed E-state index contributed by atoms with van der Waals surface area (Å²) in [4.78, 5) is 0. The van der Waals surface area contributed by atoms with Gasteiger partial charge in [-0.3, -0.25) is 0 Å². The van der Waals surface area contributed by atoms with E-state index in [0.717, 1.165) is 21.6 Å². The van der Waals surface area contributed by atoms with Crippen molar-refractivity contribution >= 4 is 33.0 Å². The Bertz CT molecular complexity index is 553. The third-order valence-electron chi connectivity index (χ3n) is 2.52. The van der Waals surface area contributed by atoms with E-state index in [0.29, 0.717) is 5.69 Å². The molecule has 0 aromatic heterocycles. The van der Waals surface area contributed by atoms with E-state index < -0.39 is 0 Å². The molecule has 19 heavy (non-hydrogen) atoms. The Balaban J connectivity index is 2.10. The van der Waals surface area contributed by atoms with E-state index >= 15 is 0 Å². The molecule has 0 unspecified atom stereocenters. The molecule has 0 spiro atoms. The Hall–Kier alpha value is -1.68. The first-order valence-electron chi connectivity index (χ1n) is 6.13. The van der Waals surface area contributed by atoms with Crippen LogP contribution in [0.5, 0.6) is 5.75 Å². The summed E-state index contributed by atoms with van der Waals surface area (Å²) in [5.41, 5.74) is 8.52. The molecule has 0 aliphatic carbocycles. The maximum absolute atomic E-state index is 5.95.